The maximum absolute atomic E-state index is 11.2. The molecule has 0 atom stereocenters. The maximum atomic E-state index is 11.2. The van der Waals surface area contributed by atoms with Crippen LogP contribution in [0.25, 0.3) is 0 Å². The van der Waals surface area contributed by atoms with Crippen molar-refractivity contribution in [2.75, 3.05) is 19.0 Å². The first-order valence-electron chi connectivity index (χ1n) is 6.43. The fourth-order valence-electron chi connectivity index (χ4n) is 1.51. The van der Waals surface area contributed by atoms with Crippen LogP contribution in [0.1, 0.15) is 38.1 Å². The largest absolute Gasteiger partial charge is 0.497 e. The second-order valence-electron chi connectivity index (χ2n) is 5.71. The van der Waals surface area contributed by atoms with Gasteiger partial charge in [-0.25, -0.2) is 4.79 Å². The first kappa shape index (κ1) is 15.3. The van der Waals surface area contributed by atoms with Crippen LogP contribution in [0.4, 0.5) is 5.69 Å². The summed E-state index contributed by atoms with van der Waals surface area (Å²) in [6.07, 6.45) is 0. The Balaban J connectivity index is 2.95. The zero-order chi connectivity index (χ0) is 14.6. The standard InChI is InChI=1S/C15H23NO3/c1-10(2)15(3,4)9-16-13-8-11(19-5)6-7-12(13)14(17)18/h6-8,10,16H,9H2,1-5H3,(H,17,18). The van der Waals surface area contributed by atoms with Crippen LogP contribution < -0.4 is 10.1 Å². The molecule has 0 amide bonds. The molecule has 19 heavy (non-hydrogen) atoms. The van der Waals surface area contributed by atoms with Crippen molar-refractivity contribution in [2.45, 2.75) is 27.7 Å². The van der Waals surface area contributed by atoms with Crippen LogP contribution in [0.5, 0.6) is 5.75 Å². The van der Waals surface area contributed by atoms with Crippen LogP contribution in [-0.2, 0) is 0 Å². The van der Waals surface area contributed by atoms with Gasteiger partial charge in [0.25, 0.3) is 0 Å². The van der Waals surface area contributed by atoms with E-state index in [4.69, 9.17) is 4.74 Å². The van der Waals surface area contributed by atoms with Gasteiger partial charge in [0.1, 0.15) is 5.75 Å². The van der Waals surface area contributed by atoms with Gasteiger partial charge in [-0.2, -0.15) is 0 Å². The molecule has 0 unspecified atom stereocenters. The van der Waals surface area contributed by atoms with Crippen molar-refractivity contribution >= 4 is 11.7 Å². The summed E-state index contributed by atoms with van der Waals surface area (Å²) in [5, 5.41) is 12.4. The van der Waals surface area contributed by atoms with Gasteiger partial charge < -0.3 is 15.2 Å². The van der Waals surface area contributed by atoms with Gasteiger partial charge in [-0.15, -0.1) is 0 Å². The van der Waals surface area contributed by atoms with E-state index in [2.05, 4.69) is 33.0 Å². The smallest absolute Gasteiger partial charge is 0.337 e. The van der Waals surface area contributed by atoms with E-state index in [9.17, 15) is 9.90 Å². The highest BCUT2D eigenvalue weighted by molar-refractivity contribution is 5.94. The third kappa shape index (κ3) is 3.88. The zero-order valence-electron chi connectivity index (χ0n) is 12.3. The minimum Gasteiger partial charge on any atom is -0.497 e. The van der Waals surface area contributed by atoms with Crippen molar-refractivity contribution in [1.82, 2.24) is 0 Å². The average Bonchev–Trinajstić information content (AvgIpc) is 2.35. The Morgan fingerprint density at radius 2 is 2.05 bits per heavy atom. The molecule has 0 saturated heterocycles. The molecule has 1 aromatic carbocycles. The Labute approximate surface area is 114 Å². The van der Waals surface area contributed by atoms with E-state index < -0.39 is 5.97 Å². The number of hydrogen-bond donors (Lipinski definition) is 2. The van der Waals surface area contributed by atoms with Crippen LogP contribution in [0.3, 0.4) is 0 Å². The number of methoxy groups -OCH3 is 1. The normalized spacial score (nSPS) is 11.5. The zero-order valence-corrected chi connectivity index (χ0v) is 12.3. The van der Waals surface area contributed by atoms with Gasteiger partial charge in [0.2, 0.25) is 0 Å². The van der Waals surface area contributed by atoms with Crippen molar-refractivity contribution in [3.63, 3.8) is 0 Å². The molecule has 0 spiro atoms. The number of nitrogens with one attached hydrogen (secondary N) is 1. The second-order valence-corrected chi connectivity index (χ2v) is 5.71. The molecule has 4 nitrogen and oxygen atoms in total. The average molecular weight is 265 g/mol. The highest BCUT2D eigenvalue weighted by Crippen LogP contribution is 2.28. The lowest BCUT2D eigenvalue weighted by atomic mass is 9.81. The third-order valence-corrected chi connectivity index (χ3v) is 3.75. The summed E-state index contributed by atoms with van der Waals surface area (Å²) in [6, 6.07) is 4.94. The number of ether oxygens (including phenoxy) is 1. The molecule has 2 N–H and O–H groups in total. The van der Waals surface area contributed by atoms with Crippen LogP contribution in [-0.4, -0.2) is 24.7 Å². The third-order valence-electron chi connectivity index (χ3n) is 3.75. The van der Waals surface area contributed by atoms with E-state index in [-0.39, 0.29) is 11.0 Å². The van der Waals surface area contributed by atoms with Crippen molar-refractivity contribution in [3.05, 3.63) is 23.8 Å². The molecule has 1 rings (SSSR count). The summed E-state index contributed by atoms with van der Waals surface area (Å²) in [4.78, 5) is 11.2. The van der Waals surface area contributed by atoms with Crippen LogP contribution >= 0.6 is 0 Å². The molecule has 0 bridgehead atoms. The Kier molecular flexibility index (Phi) is 4.81. The highest BCUT2D eigenvalue weighted by atomic mass is 16.5. The molecule has 0 aromatic heterocycles. The predicted molar refractivity (Wildman–Crippen MR) is 77.1 cm³/mol. The molecule has 0 radical (unpaired) electrons. The van der Waals surface area contributed by atoms with E-state index in [0.29, 0.717) is 23.9 Å². The van der Waals surface area contributed by atoms with Gasteiger partial charge in [0, 0.05) is 12.6 Å². The molecule has 0 aliphatic rings. The molecular weight excluding hydrogens is 242 g/mol. The number of rotatable bonds is 6. The van der Waals surface area contributed by atoms with Gasteiger partial charge in [-0.3, -0.25) is 0 Å². The molecule has 0 heterocycles. The number of hydrogen-bond acceptors (Lipinski definition) is 3. The predicted octanol–water partition coefficient (Wildman–Crippen LogP) is 3.49. The lowest BCUT2D eigenvalue weighted by molar-refractivity contribution is 0.0698. The van der Waals surface area contributed by atoms with E-state index in [0.717, 1.165) is 0 Å². The van der Waals surface area contributed by atoms with Gasteiger partial charge in [-0.05, 0) is 23.5 Å². The fraction of sp³-hybridized carbons (Fsp3) is 0.533. The van der Waals surface area contributed by atoms with Gasteiger partial charge >= 0.3 is 5.97 Å². The summed E-state index contributed by atoms with van der Waals surface area (Å²) in [6.45, 7) is 9.34. The number of carbonyl (C=O) groups is 1. The van der Waals surface area contributed by atoms with Crippen LogP contribution in [0.15, 0.2) is 18.2 Å². The molecule has 0 saturated carbocycles. The van der Waals surface area contributed by atoms with E-state index in [1.165, 1.54) is 0 Å². The van der Waals surface area contributed by atoms with Gasteiger partial charge in [0.05, 0.1) is 18.4 Å². The van der Waals surface area contributed by atoms with Gasteiger partial charge in [0.15, 0.2) is 0 Å². The Bertz CT molecular complexity index is 453. The lowest BCUT2D eigenvalue weighted by Gasteiger charge is -2.30. The van der Waals surface area contributed by atoms with E-state index in [1.54, 1.807) is 25.3 Å². The Morgan fingerprint density at radius 1 is 1.42 bits per heavy atom. The molecule has 0 aliphatic carbocycles. The first-order chi connectivity index (χ1) is 8.77. The monoisotopic (exact) mass is 265 g/mol. The van der Waals surface area contributed by atoms with Crippen molar-refractivity contribution in [3.8, 4) is 5.75 Å². The Hall–Kier alpha value is -1.71. The molecule has 0 aliphatic heterocycles. The molecular formula is C15H23NO3. The topological polar surface area (TPSA) is 58.6 Å². The summed E-state index contributed by atoms with van der Waals surface area (Å²) in [7, 11) is 1.57. The van der Waals surface area contributed by atoms with E-state index in [1.807, 2.05) is 0 Å². The second kappa shape index (κ2) is 5.95. The highest BCUT2D eigenvalue weighted by Gasteiger charge is 2.23. The molecule has 0 fully saturated rings. The van der Waals surface area contributed by atoms with E-state index >= 15 is 0 Å². The van der Waals surface area contributed by atoms with Crippen molar-refractivity contribution < 1.29 is 14.6 Å². The Morgan fingerprint density at radius 3 is 2.53 bits per heavy atom. The number of anilines is 1. The summed E-state index contributed by atoms with van der Waals surface area (Å²) < 4.78 is 5.14. The maximum Gasteiger partial charge on any atom is 0.337 e. The van der Waals surface area contributed by atoms with Crippen LogP contribution in [0.2, 0.25) is 0 Å². The quantitative estimate of drug-likeness (QED) is 0.826. The first-order valence-corrected chi connectivity index (χ1v) is 6.43. The van der Waals surface area contributed by atoms with Crippen LogP contribution in [0, 0.1) is 11.3 Å². The number of aromatic carboxylic acids is 1. The minimum atomic E-state index is -0.937. The molecule has 4 heteroatoms. The van der Waals surface area contributed by atoms with Crippen molar-refractivity contribution in [2.24, 2.45) is 11.3 Å². The summed E-state index contributed by atoms with van der Waals surface area (Å²) >= 11 is 0. The molecule has 1 aromatic rings. The SMILES string of the molecule is COc1ccc(C(=O)O)c(NCC(C)(C)C(C)C)c1. The fourth-order valence-corrected chi connectivity index (χ4v) is 1.51. The number of benzene rings is 1. The summed E-state index contributed by atoms with van der Waals surface area (Å²) in [5.74, 6) is 0.209. The van der Waals surface area contributed by atoms with Gasteiger partial charge in [-0.1, -0.05) is 27.7 Å². The summed E-state index contributed by atoms with van der Waals surface area (Å²) in [5.41, 5.74) is 0.944. The number of carboxylic acids is 1. The van der Waals surface area contributed by atoms with Crippen molar-refractivity contribution in [1.29, 1.82) is 0 Å². The lowest BCUT2D eigenvalue weighted by Crippen LogP contribution is -2.29. The molecule has 106 valence electrons. The number of carboxylic acid groups (broad SMARTS) is 1. The minimum absolute atomic E-state index is 0.0822.